The Morgan fingerprint density at radius 1 is 1.25 bits per heavy atom. The Kier molecular flexibility index (Phi) is 4.76. The molecule has 6 heteroatoms. The van der Waals surface area contributed by atoms with Gasteiger partial charge in [0.05, 0.1) is 11.7 Å². The fourth-order valence-electron chi connectivity index (χ4n) is 3.85. The number of carbonyl (C=O) groups is 1. The summed E-state index contributed by atoms with van der Waals surface area (Å²) in [7, 11) is 0. The zero-order valence-electron chi connectivity index (χ0n) is 15.2. The van der Waals surface area contributed by atoms with Gasteiger partial charge in [0.25, 0.3) is 0 Å². The molecule has 0 aliphatic carbocycles. The second-order valence-electron chi connectivity index (χ2n) is 7.19. The largest absolute Gasteiger partial charge is 0.370 e. The number of ether oxygens (including phenoxy) is 1. The summed E-state index contributed by atoms with van der Waals surface area (Å²) in [6.07, 6.45) is 4.32. The van der Waals surface area contributed by atoms with Gasteiger partial charge in [0.1, 0.15) is 11.6 Å². The molecule has 132 valence electrons. The Balaban J connectivity index is 1.61. The van der Waals surface area contributed by atoms with Crippen molar-refractivity contribution >= 4 is 11.7 Å². The molecule has 0 unspecified atom stereocenters. The number of amides is 1. The predicted molar refractivity (Wildman–Crippen MR) is 93.2 cm³/mol. The molecular formula is C18H28N4O2. The van der Waals surface area contributed by atoms with Gasteiger partial charge in [-0.05, 0) is 46.5 Å². The third-order valence-electron chi connectivity index (χ3n) is 5.37. The van der Waals surface area contributed by atoms with E-state index < -0.39 is 0 Å². The molecule has 0 saturated carbocycles. The fourth-order valence-corrected chi connectivity index (χ4v) is 3.85. The van der Waals surface area contributed by atoms with Crippen molar-refractivity contribution in [1.29, 1.82) is 0 Å². The molecule has 2 saturated heterocycles. The number of aryl methyl sites for hydroxylation is 2. The van der Waals surface area contributed by atoms with Gasteiger partial charge >= 0.3 is 0 Å². The second-order valence-corrected chi connectivity index (χ2v) is 7.19. The highest BCUT2D eigenvalue weighted by molar-refractivity contribution is 5.72. The molecular weight excluding hydrogens is 304 g/mol. The van der Waals surface area contributed by atoms with E-state index in [1.54, 1.807) is 6.92 Å². The number of nitrogens with one attached hydrogen (secondary N) is 1. The van der Waals surface area contributed by atoms with Crippen molar-refractivity contribution in [3.05, 3.63) is 17.1 Å². The van der Waals surface area contributed by atoms with Gasteiger partial charge in [0.2, 0.25) is 5.91 Å². The summed E-state index contributed by atoms with van der Waals surface area (Å²) in [5.74, 6) is 1.92. The summed E-state index contributed by atoms with van der Waals surface area (Å²) in [4.78, 5) is 22.5. The molecule has 2 aliphatic rings. The standard InChI is InChI=1S/C18H28N4O2/c1-12-13(2)20-14(3)21-17(12)22-9-7-18(8-10-22)6-5-16(24-18)11-19-15(4)23/h16H,5-11H2,1-4H3,(H,19,23)/t16-/m0/s1. The van der Waals surface area contributed by atoms with Crippen molar-refractivity contribution in [3.63, 3.8) is 0 Å². The minimum atomic E-state index is -0.00927. The van der Waals surface area contributed by atoms with E-state index in [0.717, 1.165) is 56.1 Å². The van der Waals surface area contributed by atoms with Crippen molar-refractivity contribution in [3.8, 4) is 0 Å². The molecule has 3 rings (SSSR count). The lowest BCUT2D eigenvalue weighted by molar-refractivity contribution is -0.120. The average molecular weight is 332 g/mol. The van der Waals surface area contributed by atoms with Crippen molar-refractivity contribution in [2.24, 2.45) is 0 Å². The van der Waals surface area contributed by atoms with Crippen LogP contribution >= 0.6 is 0 Å². The van der Waals surface area contributed by atoms with Gasteiger partial charge in [-0.2, -0.15) is 0 Å². The molecule has 0 bridgehead atoms. The number of nitrogens with zero attached hydrogens (tertiary/aromatic N) is 3. The summed E-state index contributed by atoms with van der Waals surface area (Å²) in [5.41, 5.74) is 2.22. The first-order chi connectivity index (χ1) is 11.4. The molecule has 0 radical (unpaired) electrons. The van der Waals surface area contributed by atoms with E-state index in [4.69, 9.17) is 4.74 Å². The number of hydrogen-bond acceptors (Lipinski definition) is 5. The van der Waals surface area contributed by atoms with Crippen molar-refractivity contribution in [2.75, 3.05) is 24.5 Å². The van der Waals surface area contributed by atoms with E-state index in [0.29, 0.717) is 6.54 Å². The molecule has 1 spiro atoms. The lowest BCUT2D eigenvalue weighted by Crippen LogP contribution is -2.45. The molecule has 1 amide bonds. The lowest BCUT2D eigenvalue weighted by atomic mass is 9.88. The van der Waals surface area contributed by atoms with Crippen LogP contribution in [-0.2, 0) is 9.53 Å². The van der Waals surface area contributed by atoms with Gasteiger partial charge in [0, 0.05) is 37.8 Å². The molecule has 2 aliphatic heterocycles. The van der Waals surface area contributed by atoms with Crippen LogP contribution in [0, 0.1) is 20.8 Å². The van der Waals surface area contributed by atoms with E-state index in [2.05, 4.69) is 27.1 Å². The molecule has 1 N–H and O–H groups in total. The predicted octanol–water partition coefficient (Wildman–Crippen LogP) is 2.06. The topological polar surface area (TPSA) is 67.4 Å². The van der Waals surface area contributed by atoms with E-state index >= 15 is 0 Å². The number of anilines is 1. The van der Waals surface area contributed by atoms with Crippen LogP contribution in [0.3, 0.4) is 0 Å². The Morgan fingerprint density at radius 3 is 2.62 bits per heavy atom. The van der Waals surface area contributed by atoms with Crippen molar-refractivity contribution in [2.45, 2.75) is 65.1 Å². The smallest absolute Gasteiger partial charge is 0.216 e. The molecule has 24 heavy (non-hydrogen) atoms. The first-order valence-corrected chi connectivity index (χ1v) is 8.88. The van der Waals surface area contributed by atoms with Crippen LogP contribution in [0.25, 0.3) is 0 Å². The Morgan fingerprint density at radius 2 is 1.96 bits per heavy atom. The highest BCUT2D eigenvalue weighted by Gasteiger charge is 2.42. The lowest BCUT2D eigenvalue weighted by Gasteiger charge is -2.40. The van der Waals surface area contributed by atoms with Crippen LogP contribution in [-0.4, -0.2) is 47.2 Å². The van der Waals surface area contributed by atoms with Crippen LogP contribution in [0.15, 0.2) is 0 Å². The van der Waals surface area contributed by atoms with Gasteiger partial charge in [-0.25, -0.2) is 9.97 Å². The van der Waals surface area contributed by atoms with Gasteiger partial charge in [0.15, 0.2) is 0 Å². The van der Waals surface area contributed by atoms with Crippen LogP contribution in [0.4, 0.5) is 5.82 Å². The Bertz CT molecular complexity index is 624. The molecule has 1 aromatic rings. The quantitative estimate of drug-likeness (QED) is 0.918. The Labute approximate surface area is 144 Å². The maximum Gasteiger partial charge on any atom is 0.216 e. The molecule has 6 nitrogen and oxygen atoms in total. The van der Waals surface area contributed by atoms with Gasteiger partial charge < -0.3 is 15.0 Å². The van der Waals surface area contributed by atoms with Crippen molar-refractivity contribution in [1.82, 2.24) is 15.3 Å². The molecule has 3 heterocycles. The summed E-state index contributed by atoms with van der Waals surface area (Å²) >= 11 is 0. The van der Waals surface area contributed by atoms with Gasteiger partial charge in [-0.3, -0.25) is 4.79 Å². The monoisotopic (exact) mass is 332 g/mol. The van der Waals surface area contributed by atoms with E-state index in [-0.39, 0.29) is 17.6 Å². The highest BCUT2D eigenvalue weighted by atomic mass is 16.5. The van der Waals surface area contributed by atoms with Gasteiger partial charge in [-0.1, -0.05) is 0 Å². The van der Waals surface area contributed by atoms with E-state index in [1.165, 1.54) is 5.56 Å². The zero-order valence-corrected chi connectivity index (χ0v) is 15.2. The first kappa shape index (κ1) is 17.1. The molecule has 1 aromatic heterocycles. The van der Waals surface area contributed by atoms with E-state index in [9.17, 15) is 4.79 Å². The SMILES string of the molecule is CC(=O)NC[C@@H]1CCC2(CCN(c3nc(C)nc(C)c3C)CC2)O1. The molecule has 0 aromatic carbocycles. The highest BCUT2D eigenvalue weighted by Crippen LogP contribution is 2.39. The number of rotatable bonds is 3. The summed E-state index contributed by atoms with van der Waals surface area (Å²) in [5, 5.41) is 2.87. The third-order valence-corrected chi connectivity index (χ3v) is 5.37. The Hall–Kier alpha value is -1.69. The number of piperidine rings is 1. The third kappa shape index (κ3) is 3.53. The summed E-state index contributed by atoms with van der Waals surface area (Å²) in [6, 6.07) is 0. The van der Waals surface area contributed by atoms with Gasteiger partial charge in [-0.15, -0.1) is 0 Å². The van der Waals surface area contributed by atoms with E-state index in [1.807, 2.05) is 13.8 Å². The minimum absolute atomic E-state index is 0.00927. The first-order valence-electron chi connectivity index (χ1n) is 8.88. The van der Waals surface area contributed by atoms with Crippen LogP contribution in [0.2, 0.25) is 0 Å². The number of aromatic nitrogens is 2. The fraction of sp³-hybridized carbons (Fsp3) is 0.722. The maximum atomic E-state index is 11.1. The molecule has 2 fully saturated rings. The molecule has 1 atom stereocenters. The summed E-state index contributed by atoms with van der Waals surface area (Å²) < 4.78 is 6.33. The van der Waals surface area contributed by atoms with Crippen LogP contribution in [0.1, 0.15) is 49.7 Å². The van der Waals surface area contributed by atoms with Crippen LogP contribution in [0.5, 0.6) is 0 Å². The average Bonchev–Trinajstić information content (AvgIpc) is 2.93. The summed E-state index contributed by atoms with van der Waals surface area (Å²) in [6.45, 7) is 10.2. The second kappa shape index (κ2) is 6.67. The number of carbonyl (C=O) groups excluding carboxylic acids is 1. The maximum absolute atomic E-state index is 11.1. The number of hydrogen-bond donors (Lipinski definition) is 1. The van der Waals surface area contributed by atoms with Crippen molar-refractivity contribution < 1.29 is 9.53 Å². The normalized spacial score (nSPS) is 22.8. The van der Waals surface area contributed by atoms with Crippen LogP contribution < -0.4 is 10.2 Å². The zero-order chi connectivity index (χ0) is 17.3. The minimum Gasteiger partial charge on any atom is -0.370 e.